The first-order valence-electron chi connectivity index (χ1n) is 19.5. The summed E-state index contributed by atoms with van der Waals surface area (Å²) in [6.45, 7) is 4.69. The summed E-state index contributed by atoms with van der Waals surface area (Å²) in [6, 6.07) is 77.5. The minimum atomic E-state index is -0.0248. The normalized spacial score (nSPS) is 12.6. The smallest absolute Gasteiger partial charge is 0.0462 e. The lowest BCUT2D eigenvalue weighted by molar-refractivity contribution is 0.660. The van der Waals surface area contributed by atoms with Gasteiger partial charge in [0.2, 0.25) is 0 Å². The second kappa shape index (κ2) is 13.7. The molecule has 56 heavy (non-hydrogen) atoms. The van der Waals surface area contributed by atoms with Gasteiger partial charge in [0.25, 0.3) is 0 Å². The highest BCUT2D eigenvalue weighted by molar-refractivity contribution is 5.89. The van der Waals surface area contributed by atoms with Crippen molar-refractivity contribution in [3.05, 3.63) is 223 Å². The molecule has 0 heterocycles. The highest BCUT2D eigenvalue weighted by Gasteiger charge is 2.35. The molecular formula is C55H41N. The van der Waals surface area contributed by atoms with Crippen LogP contribution >= 0.6 is 0 Å². The first kappa shape index (κ1) is 33.6. The molecule has 0 aliphatic heterocycles. The maximum Gasteiger partial charge on any atom is 0.0462 e. The van der Waals surface area contributed by atoms with E-state index in [1.807, 2.05) is 0 Å². The number of hydrogen-bond donors (Lipinski definition) is 0. The predicted molar refractivity (Wildman–Crippen MR) is 238 cm³/mol. The van der Waals surface area contributed by atoms with Crippen LogP contribution in [0.15, 0.2) is 212 Å². The van der Waals surface area contributed by atoms with Crippen LogP contribution in [0.25, 0.3) is 66.4 Å². The van der Waals surface area contributed by atoms with Gasteiger partial charge < -0.3 is 4.90 Å². The minimum Gasteiger partial charge on any atom is -0.311 e. The zero-order valence-corrected chi connectivity index (χ0v) is 31.7. The van der Waals surface area contributed by atoms with Crippen LogP contribution < -0.4 is 4.90 Å². The Morgan fingerprint density at radius 2 is 0.732 bits per heavy atom. The molecule has 0 amide bonds. The standard InChI is InChI=1S/C55H41N/c1-55(2)53-21-9-8-20-51(53)52-33-28-47(37-54(52)55)40-26-31-50(32-27-40)56(48-18-4-3-5-19-48)49-29-24-39(25-30-49)42-14-10-15-43(34-42)44-16-11-17-45(36-44)46-23-22-38-12-6-7-13-41(38)35-46/h3-37H,1-2H3. The molecule has 0 radical (unpaired) electrons. The van der Waals surface area contributed by atoms with E-state index in [-0.39, 0.29) is 5.41 Å². The molecule has 9 aromatic rings. The number of hydrogen-bond acceptors (Lipinski definition) is 1. The molecule has 1 nitrogen and oxygen atoms in total. The second-order valence-electron chi connectivity index (χ2n) is 15.4. The average Bonchev–Trinajstić information content (AvgIpc) is 3.50. The fourth-order valence-corrected chi connectivity index (χ4v) is 8.64. The van der Waals surface area contributed by atoms with Gasteiger partial charge in [-0.25, -0.2) is 0 Å². The fourth-order valence-electron chi connectivity index (χ4n) is 8.64. The van der Waals surface area contributed by atoms with Gasteiger partial charge in [-0.05, 0) is 138 Å². The van der Waals surface area contributed by atoms with E-state index in [9.17, 15) is 0 Å². The van der Waals surface area contributed by atoms with Crippen molar-refractivity contribution < 1.29 is 0 Å². The van der Waals surface area contributed by atoms with Gasteiger partial charge in [-0.3, -0.25) is 0 Å². The number of benzene rings is 9. The van der Waals surface area contributed by atoms with Crippen LogP contribution in [-0.4, -0.2) is 0 Å². The van der Waals surface area contributed by atoms with Crippen LogP contribution in [0.3, 0.4) is 0 Å². The highest BCUT2D eigenvalue weighted by atomic mass is 15.1. The van der Waals surface area contributed by atoms with Gasteiger partial charge in [-0.2, -0.15) is 0 Å². The van der Waals surface area contributed by atoms with Gasteiger partial charge in [0.1, 0.15) is 0 Å². The summed E-state index contributed by atoms with van der Waals surface area (Å²) in [5.41, 5.74) is 18.5. The fraction of sp³-hybridized carbons (Fsp3) is 0.0545. The molecule has 1 aliphatic rings. The van der Waals surface area contributed by atoms with E-state index in [1.54, 1.807) is 0 Å². The van der Waals surface area contributed by atoms with Gasteiger partial charge in [0.05, 0.1) is 0 Å². The summed E-state index contributed by atoms with van der Waals surface area (Å²) in [6.07, 6.45) is 0. The van der Waals surface area contributed by atoms with E-state index in [4.69, 9.17) is 0 Å². The van der Waals surface area contributed by atoms with Crippen molar-refractivity contribution in [3.63, 3.8) is 0 Å². The molecule has 0 aromatic heterocycles. The Morgan fingerprint density at radius 3 is 1.38 bits per heavy atom. The molecule has 266 valence electrons. The number of para-hydroxylation sites is 1. The molecule has 0 bridgehead atoms. The van der Waals surface area contributed by atoms with Gasteiger partial charge in [-0.1, -0.05) is 166 Å². The largest absolute Gasteiger partial charge is 0.311 e. The molecule has 1 aliphatic carbocycles. The summed E-state index contributed by atoms with van der Waals surface area (Å²) in [5.74, 6) is 0. The quantitative estimate of drug-likeness (QED) is 0.159. The van der Waals surface area contributed by atoms with Gasteiger partial charge >= 0.3 is 0 Å². The number of rotatable bonds is 7. The SMILES string of the molecule is CC1(C)c2ccccc2-c2ccc(-c3ccc(N(c4ccccc4)c4ccc(-c5cccc(-c6cccc(-c7ccc8ccccc8c7)c6)c5)cc4)cc3)cc21. The Hall–Kier alpha value is -6.96. The topological polar surface area (TPSA) is 3.24 Å². The van der Waals surface area contributed by atoms with Crippen LogP contribution in [0, 0.1) is 0 Å². The lowest BCUT2D eigenvalue weighted by Crippen LogP contribution is -2.14. The third-order valence-corrected chi connectivity index (χ3v) is 11.7. The lowest BCUT2D eigenvalue weighted by atomic mass is 9.81. The molecule has 1 heteroatoms. The molecule has 0 fully saturated rings. The van der Waals surface area contributed by atoms with Crippen LogP contribution in [0.2, 0.25) is 0 Å². The molecule has 0 saturated heterocycles. The maximum absolute atomic E-state index is 2.40. The van der Waals surface area contributed by atoms with Gasteiger partial charge in [0.15, 0.2) is 0 Å². The van der Waals surface area contributed by atoms with Crippen molar-refractivity contribution >= 4 is 27.8 Å². The van der Waals surface area contributed by atoms with Crippen LogP contribution in [-0.2, 0) is 5.41 Å². The summed E-state index contributed by atoms with van der Waals surface area (Å²) in [7, 11) is 0. The molecule has 0 atom stereocenters. The van der Waals surface area contributed by atoms with E-state index in [0.717, 1.165) is 17.1 Å². The highest BCUT2D eigenvalue weighted by Crippen LogP contribution is 2.49. The zero-order chi connectivity index (χ0) is 37.6. The van der Waals surface area contributed by atoms with Crippen LogP contribution in [0.1, 0.15) is 25.0 Å². The zero-order valence-electron chi connectivity index (χ0n) is 31.7. The molecular weight excluding hydrogens is 675 g/mol. The minimum absolute atomic E-state index is 0.0248. The monoisotopic (exact) mass is 715 g/mol. The van der Waals surface area contributed by atoms with E-state index in [2.05, 4.69) is 231 Å². The van der Waals surface area contributed by atoms with E-state index in [0.29, 0.717) is 0 Å². The Bertz CT molecular complexity index is 2860. The van der Waals surface area contributed by atoms with E-state index >= 15 is 0 Å². The number of nitrogens with zero attached hydrogens (tertiary/aromatic N) is 1. The molecule has 0 spiro atoms. The number of anilines is 3. The summed E-state index contributed by atoms with van der Waals surface area (Å²) in [5, 5.41) is 2.52. The average molecular weight is 716 g/mol. The number of fused-ring (bicyclic) bond motifs is 4. The first-order chi connectivity index (χ1) is 27.5. The van der Waals surface area contributed by atoms with Crippen molar-refractivity contribution in [2.45, 2.75) is 19.3 Å². The van der Waals surface area contributed by atoms with Crippen molar-refractivity contribution in [1.82, 2.24) is 0 Å². The van der Waals surface area contributed by atoms with Crippen molar-refractivity contribution in [1.29, 1.82) is 0 Å². The third kappa shape index (κ3) is 5.99. The Kier molecular flexibility index (Phi) is 8.23. The second-order valence-corrected chi connectivity index (χ2v) is 15.4. The third-order valence-electron chi connectivity index (χ3n) is 11.7. The Balaban J connectivity index is 0.935. The van der Waals surface area contributed by atoms with Crippen LogP contribution in [0.5, 0.6) is 0 Å². The van der Waals surface area contributed by atoms with Crippen molar-refractivity contribution in [3.8, 4) is 55.6 Å². The van der Waals surface area contributed by atoms with Crippen molar-refractivity contribution in [2.75, 3.05) is 4.90 Å². The van der Waals surface area contributed by atoms with E-state index < -0.39 is 0 Å². The lowest BCUT2D eigenvalue weighted by Gasteiger charge is -2.26. The first-order valence-corrected chi connectivity index (χ1v) is 19.5. The summed E-state index contributed by atoms with van der Waals surface area (Å²) in [4.78, 5) is 2.34. The molecule has 0 saturated carbocycles. The Labute approximate surface area is 329 Å². The van der Waals surface area contributed by atoms with Crippen LogP contribution in [0.4, 0.5) is 17.1 Å². The summed E-state index contributed by atoms with van der Waals surface area (Å²) >= 11 is 0. The van der Waals surface area contributed by atoms with Crippen molar-refractivity contribution in [2.24, 2.45) is 0 Å². The molecule has 0 unspecified atom stereocenters. The van der Waals surface area contributed by atoms with Gasteiger partial charge in [0, 0.05) is 22.5 Å². The molecule has 0 N–H and O–H groups in total. The summed E-state index contributed by atoms with van der Waals surface area (Å²) < 4.78 is 0. The molecule has 10 rings (SSSR count). The predicted octanol–water partition coefficient (Wildman–Crippen LogP) is 15.3. The maximum atomic E-state index is 2.40. The van der Waals surface area contributed by atoms with Gasteiger partial charge in [-0.15, -0.1) is 0 Å². The Morgan fingerprint density at radius 1 is 0.286 bits per heavy atom. The molecule has 9 aromatic carbocycles. The van der Waals surface area contributed by atoms with E-state index in [1.165, 1.54) is 77.5 Å².